The molecule has 0 aliphatic heterocycles. The lowest BCUT2D eigenvalue weighted by Crippen LogP contribution is -2.48. The molecule has 0 aromatic heterocycles. The van der Waals surface area contributed by atoms with E-state index in [1.165, 1.54) is 0 Å². The van der Waals surface area contributed by atoms with Gasteiger partial charge in [0.25, 0.3) is 0 Å². The predicted molar refractivity (Wildman–Crippen MR) is 82.6 cm³/mol. The molecule has 20 heavy (non-hydrogen) atoms. The molecule has 0 aromatic rings. The smallest absolute Gasteiger partial charge is 0.242 e. The highest BCUT2D eigenvalue weighted by Gasteiger charge is 2.32. The third-order valence-electron chi connectivity index (χ3n) is 3.30. The molecular weight excluding hydrogens is 278 g/mol. The van der Waals surface area contributed by atoms with Crippen molar-refractivity contribution in [1.82, 2.24) is 10.2 Å². The van der Waals surface area contributed by atoms with Gasteiger partial charge in [-0.2, -0.15) is 0 Å². The second kappa shape index (κ2) is 8.47. The Hall–Kier alpha value is -0.810. The average Bonchev–Trinajstić information content (AvgIpc) is 3.15. The topological polar surface area (TPSA) is 75.4 Å². The highest BCUT2D eigenvalue weighted by molar-refractivity contribution is 5.87. The summed E-state index contributed by atoms with van der Waals surface area (Å²) < 4.78 is 0. The van der Waals surface area contributed by atoms with Crippen LogP contribution in [0.25, 0.3) is 0 Å². The molecule has 2 amide bonds. The van der Waals surface area contributed by atoms with Gasteiger partial charge in [0.2, 0.25) is 11.8 Å². The number of nitrogens with zero attached hydrogens (tertiary/aromatic N) is 1. The first-order chi connectivity index (χ1) is 8.82. The monoisotopic (exact) mass is 305 g/mol. The predicted octanol–water partition coefficient (Wildman–Crippen LogP) is 1.15. The van der Waals surface area contributed by atoms with Crippen LogP contribution in [0.2, 0.25) is 0 Å². The van der Waals surface area contributed by atoms with Crippen LogP contribution < -0.4 is 11.1 Å². The maximum Gasteiger partial charge on any atom is 0.242 e. The Bertz CT molecular complexity index is 330. The maximum absolute atomic E-state index is 12.1. The number of carbonyl (C=O) groups is 2. The third-order valence-corrected chi connectivity index (χ3v) is 3.30. The lowest BCUT2D eigenvalue weighted by atomic mass is 10.1. The van der Waals surface area contributed by atoms with Crippen molar-refractivity contribution in [3.63, 3.8) is 0 Å². The molecule has 0 bridgehead atoms. The summed E-state index contributed by atoms with van der Waals surface area (Å²) >= 11 is 0. The van der Waals surface area contributed by atoms with Crippen molar-refractivity contribution >= 4 is 24.2 Å². The van der Waals surface area contributed by atoms with Crippen LogP contribution in [0.1, 0.15) is 40.5 Å². The lowest BCUT2D eigenvalue weighted by Gasteiger charge is -2.25. The van der Waals surface area contributed by atoms with Crippen LogP contribution in [0.4, 0.5) is 0 Å². The Morgan fingerprint density at radius 2 is 1.80 bits per heavy atom. The van der Waals surface area contributed by atoms with Crippen LogP contribution >= 0.6 is 12.4 Å². The molecule has 0 heterocycles. The van der Waals surface area contributed by atoms with Gasteiger partial charge in [-0.05, 0) is 24.7 Å². The Kier molecular flexibility index (Phi) is 8.13. The number of amides is 2. The van der Waals surface area contributed by atoms with Gasteiger partial charge in [0, 0.05) is 12.6 Å². The van der Waals surface area contributed by atoms with Gasteiger partial charge < -0.3 is 16.0 Å². The fraction of sp³-hybridized carbons (Fsp3) is 0.857. The maximum atomic E-state index is 12.1. The molecule has 1 aliphatic carbocycles. The van der Waals surface area contributed by atoms with Gasteiger partial charge in [-0.15, -0.1) is 12.4 Å². The van der Waals surface area contributed by atoms with E-state index in [0.29, 0.717) is 12.0 Å². The number of hydrogen-bond acceptors (Lipinski definition) is 3. The van der Waals surface area contributed by atoms with Crippen molar-refractivity contribution in [2.24, 2.45) is 17.6 Å². The van der Waals surface area contributed by atoms with Crippen LogP contribution in [0.5, 0.6) is 0 Å². The highest BCUT2D eigenvalue weighted by atomic mass is 35.5. The lowest BCUT2D eigenvalue weighted by molar-refractivity contribution is -0.134. The van der Waals surface area contributed by atoms with Crippen molar-refractivity contribution in [2.45, 2.75) is 52.6 Å². The first-order valence-electron chi connectivity index (χ1n) is 7.15. The minimum Gasteiger partial charge on any atom is -0.346 e. The number of halogens is 1. The molecule has 118 valence electrons. The van der Waals surface area contributed by atoms with E-state index < -0.39 is 6.04 Å². The number of carbonyl (C=O) groups excluding carboxylic acids is 2. The van der Waals surface area contributed by atoms with Crippen LogP contribution in [-0.4, -0.2) is 41.9 Å². The molecule has 0 spiro atoms. The minimum absolute atomic E-state index is 0. The van der Waals surface area contributed by atoms with E-state index in [4.69, 9.17) is 5.73 Å². The zero-order valence-electron chi connectivity index (χ0n) is 12.9. The Morgan fingerprint density at radius 1 is 1.25 bits per heavy atom. The quantitative estimate of drug-likeness (QED) is 0.741. The minimum atomic E-state index is -0.549. The standard InChI is InChI=1S/C14H27N3O2.ClH/c1-9(2)8-17(11-5-6-11)12(18)7-16-14(19)13(15)10(3)4;/h9-11,13H,5-8,15H2,1-4H3,(H,16,19);1H/t13-;/m0./s1. The van der Waals surface area contributed by atoms with E-state index in [1.807, 2.05) is 18.7 Å². The number of nitrogens with two attached hydrogens (primary N) is 1. The summed E-state index contributed by atoms with van der Waals surface area (Å²) in [6.45, 7) is 8.78. The molecule has 1 atom stereocenters. The first-order valence-corrected chi connectivity index (χ1v) is 7.15. The van der Waals surface area contributed by atoms with Gasteiger partial charge in [-0.25, -0.2) is 0 Å². The molecule has 0 saturated heterocycles. The van der Waals surface area contributed by atoms with E-state index in [9.17, 15) is 9.59 Å². The zero-order chi connectivity index (χ0) is 14.6. The molecule has 1 rings (SSSR count). The molecule has 3 N–H and O–H groups in total. The molecule has 0 radical (unpaired) electrons. The highest BCUT2D eigenvalue weighted by Crippen LogP contribution is 2.27. The van der Waals surface area contributed by atoms with E-state index in [2.05, 4.69) is 19.2 Å². The Labute approximate surface area is 128 Å². The third kappa shape index (κ3) is 6.09. The van der Waals surface area contributed by atoms with Crippen molar-refractivity contribution < 1.29 is 9.59 Å². The zero-order valence-corrected chi connectivity index (χ0v) is 13.7. The fourth-order valence-electron chi connectivity index (χ4n) is 1.92. The Morgan fingerprint density at radius 3 is 2.20 bits per heavy atom. The van der Waals surface area contributed by atoms with E-state index in [-0.39, 0.29) is 36.7 Å². The SMILES string of the molecule is CC(C)CN(C(=O)CNC(=O)[C@@H](N)C(C)C)C1CC1.Cl. The van der Waals surface area contributed by atoms with Crippen LogP contribution in [0.3, 0.4) is 0 Å². The number of rotatable bonds is 7. The summed E-state index contributed by atoms with van der Waals surface area (Å²) in [6.07, 6.45) is 2.16. The Balaban J connectivity index is 0.00000361. The van der Waals surface area contributed by atoms with E-state index >= 15 is 0 Å². The van der Waals surface area contributed by atoms with Crippen molar-refractivity contribution in [3.8, 4) is 0 Å². The molecule has 6 heteroatoms. The molecule has 5 nitrogen and oxygen atoms in total. The molecule has 1 saturated carbocycles. The van der Waals surface area contributed by atoms with E-state index in [1.54, 1.807) is 0 Å². The van der Waals surface area contributed by atoms with Crippen molar-refractivity contribution in [2.75, 3.05) is 13.1 Å². The van der Waals surface area contributed by atoms with Crippen LogP contribution in [0.15, 0.2) is 0 Å². The average molecular weight is 306 g/mol. The molecular formula is C14H28ClN3O2. The van der Waals surface area contributed by atoms with Crippen molar-refractivity contribution in [3.05, 3.63) is 0 Å². The van der Waals surface area contributed by atoms with Gasteiger partial charge in [0.1, 0.15) is 0 Å². The summed E-state index contributed by atoms with van der Waals surface area (Å²) in [5.74, 6) is 0.271. The van der Waals surface area contributed by atoms with Gasteiger partial charge in [0.05, 0.1) is 12.6 Å². The van der Waals surface area contributed by atoms with Gasteiger partial charge >= 0.3 is 0 Å². The van der Waals surface area contributed by atoms with Crippen LogP contribution in [0, 0.1) is 11.8 Å². The molecule has 0 unspecified atom stereocenters. The molecule has 1 aliphatic rings. The summed E-state index contributed by atoms with van der Waals surface area (Å²) in [7, 11) is 0. The fourth-order valence-corrected chi connectivity index (χ4v) is 1.92. The second-order valence-corrected chi connectivity index (χ2v) is 6.16. The largest absolute Gasteiger partial charge is 0.346 e. The second-order valence-electron chi connectivity index (χ2n) is 6.16. The summed E-state index contributed by atoms with van der Waals surface area (Å²) in [5, 5.41) is 2.64. The van der Waals surface area contributed by atoms with Gasteiger partial charge in [-0.1, -0.05) is 27.7 Å². The number of hydrogen-bond donors (Lipinski definition) is 2. The first kappa shape index (κ1) is 19.2. The normalized spacial score (nSPS) is 15.8. The summed E-state index contributed by atoms with van der Waals surface area (Å²) in [5.41, 5.74) is 5.74. The number of nitrogens with one attached hydrogen (secondary N) is 1. The van der Waals surface area contributed by atoms with Gasteiger partial charge in [0.15, 0.2) is 0 Å². The summed E-state index contributed by atoms with van der Waals surface area (Å²) in [4.78, 5) is 25.7. The van der Waals surface area contributed by atoms with E-state index in [0.717, 1.165) is 19.4 Å². The van der Waals surface area contributed by atoms with Crippen LogP contribution in [-0.2, 0) is 9.59 Å². The van der Waals surface area contributed by atoms with Crippen molar-refractivity contribution in [1.29, 1.82) is 0 Å². The molecule has 1 fully saturated rings. The van der Waals surface area contributed by atoms with Gasteiger partial charge in [-0.3, -0.25) is 9.59 Å². The summed E-state index contributed by atoms with van der Waals surface area (Å²) in [6, 6.07) is -0.169. The molecule has 0 aromatic carbocycles.